The molecule has 0 radical (unpaired) electrons. The standard InChI is InChI=1S/C18H14Br2N6O8/c19-11-1-3-15(13(7-11)25(29)30)33-9-17(27)23-21-5-6-22-24-18(28)10-34-16-4-2-12(20)8-14(16)26(31)32/h1-8H,9-10H2,(H,23,27)(H,24,28)/b21-5-,22-6+. The molecule has 2 rings (SSSR count). The molecular formula is C18H14Br2N6O8. The second-order valence-corrected chi connectivity index (χ2v) is 7.77. The lowest BCUT2D eigenvalue weighted by Crippen LogP contribution is -2.25. The molecule has 0 aliphatic heterocycles. The number of hydrogen-bond donors (Lipinski definition) is 2. The zero-order valence-corrected chi connectivity index (χ0v) is 20.0. The van der Waals surface area contributed by atoms with Gasteiger partial charge in [0.1, 0.15) is 0 Å². The van der Waals surface area contributed by atoms with Gasteiger partial charge in [-0.05, 0) is 24.3 Å². The van der Waals surface area contributed by atoms with Crippen LogP contribution in [0.2, 0.25) is 0 Å². The molecule has 0 saturated carbocycles. The summed E-state index contributed by atoms with van der Waals surface area (Å²) in [5.41, 5.74) is 3.57. The van der Waals surface area contributed by atoms with Crippen LogP contribution in [0.3, 0.4) is 0 Å². The summed E-state index contributed by atoms with van der Waals surface area (Å²) < 4.78 is 11.2. The predicted octanol–water partition coefficient (Wildman–Crippen LogP) is 2.69. The zero-order valence-electron chi connectivity index (χ0n) is 16.8. The molecule has 0 aliphatic carbocycles. The molecule has 0 aromatic heterocycles. The molecule has 2 aromatic carbocycles. The monoisotopic (exact) mass is 600 g/mol. The number of amides is 2. The highest BCUT2D eigenvalue weighted by Crippen LogP contribution is 2.30. The zero-order chi connectivity index (χ0) is 25.1. The average molecular weight is 602 g/mol. The number of halogens is 2. The van der Waals surface area contributed by atoms with Crippen molar-refractivity contribution in [2.45, 2.75) is 0 Å². The molecule has 2 amide bonds. The van der Waals surface area contributed by atoms with Gasteiger partial charge in [-0.1, -0.05) is 31.9 Å². The summed E-state index contributed by atoms with van der Waals surface area (Å²) in [5.74, 6) is -1.58. The highest BCUT2D eigenvalue weighted by atomic mass is 79.9. The van der Waals surface area contributed by atoms with E-state index < -0.39 is 34.9 Å². The van der Waals surface area contributed by atoms with Gasteiger partial charge in [-0.15, -0.1) is 0 Å². The molecule has 178 valence electrons. The average Bonchev–Trinajstić information content (AvgIpc) is 2.79. The molecule has 0 heterocycles. The Morgan fingerprint density at radius 2 is 1.21 bits per heavy atom. The van der Waals surface area contributed by atoms with Crippen LogP contribution in [-0.4, -0.2) is 47.3 Å². The van der Waals surface area contributed by atoms with Crippen LogP contribution in [0.25, 0.3) is 0 Å². The van der Waals surface area contributed by atoms with Gasteiger partial charge in [0, 0.05) is 21.1 Å². The number of nitro groups is 2. The molecule has 2 N–H and O–H groups in total. The summed E-state index contributed by atoms with van der Waals surface area (Å²) >= 11 is 6.22. The van der Waals surface area contributed by atoms with E-state index in [4.69, 9.17) is 9.47 Å². The van der Waals surface area contributed by atoms with E-state index in [-0.39, 0.29) is 22.9 Å². The van der Waals surface area contributed by atoms with Crippen molar-refractivity contribution in [3.8, 4) is 11.5 Å². The molecule has 0 spiro atoms. The minimum atomic E-state index is -0.699. The van der Waals surface area contributed by atoms with Crippen LogP contribution in [0.5, 0.6) is 11.5 Å². The first kappa shape index (κ1) is 26.3. The van der Waals surface area contributed by atoms with E-state index in [0.717, 1.165) is 12.4 Å². The van der Waals surface area contributed by atoms with Crippen molar-refractivity contribution in [2.24, 2.45) is 10.2 Å². The lowest BCUT2D eigenvalue weighted by molar-refractivity contribution is -0.386. The Morgan fingerprint density at radius 3 is 1.56 bits per heavy atom. The van der Waals surface area contributed by atoms with Crippen molar-refractivity contribution in [3.05, 3.63) is 65.6 Å². The molecule has 14 nitrogen and oxygen atoms in total. The summed E-state index contributed by atoms with van der Waals surface area (Å²) in [6.45, 7) is -1.07. The Bertz CT molecular complexity index is 1070. The van der Waals surface area contributed by atoms with Crippen LogP contribution in [0.4, 0.5) is 11.4 Å². The van der Waals surface area contributed by atoms with Crippen molar-refractivity contribution in [1.82, 2.24) is 10.9 Å². The number of benzene rings is 2. The molecule has 0 saturated heterocycles. The van der Waals surface area contributed by atoms with Crippen molar-refractivity contribution in [3.63, 3.8) is 0 Å². The van der Waals surface area contributed by atoms with Crippen LogP contribution in [0.15, 0.2) is 55.5 Å². The lowest BCUT2D eigenvalue weighted by Gasteiger charge is -2.06. The molecular weight excluding hydrogens is 588 g/mol. The third kappa shape index (κ3) is 8.55. The van der Waals surface area contributed by atoms with Crippen LogP contribution < -0.4 is 20.3 Å². The Hall–Kier alpha value is -3.92. The van der Waals surface area contributed by atoms with Gasteiger partial charge >= 0.3 is 11.4 Å². The number of carbonyl (C=O) groups excluding carboxylic acids is 2. The number of rotatable bonds is 11. The molecule has 2 aromatic rings. The largest absolute Gasteiger partial charge is 0.477 e. The first-order chi connectivity index (χ1) is 16.2. The SMILES string of the molecule is O=C(COc1ccc(Br)cc1[N+](=O)[O-])N/N=C\C=N\NC(=O)COc1ccc(Br)cc1[N+](=O)[O-]. The van der Waals surface area contributed by atoms with Crippen LogP contribution in [-0.2, 0) is 9.59 Å². The van der Waals surface area contributed by atoms with Crippen molar-refractivity contribution >= 4 is 67.5 Å². The highest BCUT2D eigenvalue weighted by molar-refractivity contribution is 9.10. The second kappa shape index (κ2) is 12.9. The second-order valence-electron chi connectivity index (χ2n) is 5.94. The number of ether oxygens (including phenoxy) is 2. The quantitative estimate of drug-likeness (QED) is 0.223. The van der Waals surface area contributed by atoms with E-state index in [1.807, 2.05) is 0 Å². The Balaban J connectivity index is 1.73. The summed E-state index contributed by atoms with van der Waals surface area (Å²) in [5, 5.41) is 29.1. The highest BCUT2D eigenvalue weighted by Gasteiger charge is 2.17. The van der Waals surface area contributed by atoms with Gasteiger partial charge in [-0.25, -0.2) is 10.9 Å². The number of nitrogens with zero attached hydrogens (tertiary/aromatic N) is 4. The molecule has 0 atom stereocenters. The van der Waals surface area contributed by atoms with Crippen molar-refractivity contribution < 1.29 is 28.9 Å². The fourth-order valence-electron chi connectivity index (χ4n) is 2.15. The van der Waals surface area contributed by atoms with Gasteiger partial charge in [-0.2, -0.15) is 10.2 Å². The van der Waals surface area contributed by atoms with E-state index in [1.165, 1.54) is 36.4 Å². The fourth-order valence-corrected chi connectivity index (χ4v) is 2.84. The summed E-state index contributed by atoms with van der Waals surface area (Å²) in [6.07, 6.45) is 2.08. The van der Waals surface area contributed by atoms with E-state index >= 15 is 0 Å². The maximum Gasteiger partial charge on any atom is 0.312 e. The summed E-state index contributed by atoms with van der Waals surface area (Å²) in [7, 11) is 0. The Kier molecular flexibility index (Phi) is 10.0. The number of hydrogen-bond acceptors (Lipinski definition) is 10. The van der Waals surface area contributed by atoms with E-state index in [9.17, 15) is 29.8 Å². The van der Waals surface area contributed by atoms with Gasteiger partial charge in [0.15, 0.2) is 24.7 Å². The van der Waals surface area contributed by atoms with Gasteiger partial charge < -0.3 is 9.47 Å². The smallest absolute Gasteiger partial charge is 0.312 e. The Morgan fingerprint density at radius 1 is 0.824 bits per heavy atom. The maximum absolute atomic E-state index is 11.7. The van der Waals surface area contributed by atoms with E-state index in [1.54, 1.807) is 0 Å². The van der Waals surface area contributed by atoms with Crippen LogP contribution >= 0.6 is 31.9 Å². The molecule has 0 unspecified atom stereocenters. The van der Waals surface area contributed by atoms with Crippen molar-refractivity contribution in [2.75, 3.05) is 13.2 Å². The lowest BCUT2D eigenvalue weighted by atomic mass is 10.3. The number of hydrazone groups is 2. The van der Waals surface area contributed by atoms with Crippen molar-refractivity contribution in [1.29, 1.82) is 0 Å². The van der Waals surface area contributed by atoms with Gasteiger partial charge in [0.25, 0.3) is 11.8 Å². The normalized spacial score (nSPS) is 10.8. The number of nitro benzene ring substituents is 2. The molecule has 0 bridgehead atoms. The van der Waals surface area contributed by atoms with E-state index in [2.05, 4.69) is 52.9 Å². The van der Waals surface area contributed by atoms with Crippen LogP contribution in [0.1, 0.15) is 0 Å². The van der Waals surface area contributed by atoms with Gasteiger partial charge in [-0.3, -0.25) is 29.8 Å². The fraction of sp³-hybridized carbons (Fsp3) is 0.111. The first-order valence-electron chi connectivity index (χ1n) is 8.93. The third-order valence-electron chi connectivity index (χ3n) is 3.55. The van der Waals surface area contributed by atoms with Gasteiger partial charge in [0.2, 0.25) is 0 Å². The molecule has 34 heavy (non-hydrogen) atoms. The first-order valence-corrected chi connectivity index (χ1v) is 10.5. The minimum absolute atomic E-state index is 0.0905. The molecule has 16 heteroatoms. The number of nitrogens with one attached hydrogen (secondary N) is 2. The molecule has 0 fully saturated rings. The maximum atomic E-state index is 11.7. The minimum Gasteiger partial charge on any atom is -0.477 e. The summed E-state index contributed by atoms with van der Waals surface area (Å²) in [4.78, 5) is 44.1. The third-order valence-corrected chi connectivity index (χ3v) is 4.53. The van der Waals surface area contributed by atoms with Gasteiger partial charge in [0.05, 0.1) is 22.3 Å². The Labute approximate surface area is 207 Å². The van der Waals surface area contributed by atoms with E-state index in [0.29, 0.717) is 8.95 Å². The summed E-state index contributed by atoms with van der Waals surface area (Å²) in [6, 6.07) is 8.20. The van der Waals surface area contributed by atoms with Crippen LogP contribution in [0, 0.1) is 20.2 Å². The number of carbonyl (C=O) groups is 2. The topological polar surface area (TPSA) is 188 Å². The molecule has 0 aliphatic rings. The predicted molar refractivity (Wildman–Crippen MR) is 126 cm³/mol.